The number of para-hydroxylation sites is 1. The van der Waals surface area contributed by atoms with Crippen molar-refractivity contribution in [2.24, 2.45) is 4.99 Å². The molecule has 0 spiro atoms. The summed E-state index contributed by atoms with van der Waals surface area (Å²) in [6.07, 6.45) is 0.977. The smallest absolute Gasteiger partial charge is 0.191 e. The van der Waals surface area contributed by atoms with Gasteiger partial charge in [0.05, 0.1) is 17.1 Å². The summed E-state index contributed by atoms with van der Waals surface area (Å²) in [5.74, 6) is 0.793. The van der Waals surface area contributed by atoms with E-state index < -0.39 is 0 Å². The van der Waals surface area contributed by atoms with Gasteiger partial charge < -0.3 is 10.6 Å². The predicted molar refractivity (Wildman–Crippen MR) is 133 cm³/mol. The quantitative estimate of drug-likeness (QED) is 0.216. The number of nitrogens with zero attached hydrogens (tertiary/aromatic N) is 5. The molecule has 2 aromatic heterocycles. The topological polar surface area (TPSA) is 72.1 Å². The number of hydrogen-bond donors (Lipinski definition) is 2. The van der Waals surface area contributed by atoms with Crippen molar-refractivity contribution < 1.29 is 0 Å². The number of rotatable bonds is 7. The van der Waals surface area contributed by atoms with Crippen LogP contribution < -0.4 is 10.6 Å². The fraction of sp³-hybridized carbons (Fsp3) is 0.409. The van der Waals surface area contributed by atoms with E-state index in [9.17, 15) is 0 Å². The van der Waals surface area contributed by atoms with Gasteiger partial charge in [-0.15, -0.1) is 24.0 Å². The molecule has 0 saturated heterocycles. The highest BCUT2D eigenvalue weighted by Gasteiger charge is 2.09. The van der Waals surface area contributed by atoms with E-state index in [2.05, 4.69) is 74.7 Å². The lowest BCUT2D eigenvalue weighted by molar-refractivity contribution is 0.555. The van der Waals surface area contributed by atoms with Crippen LogP contribution in [0.5, 0.6) is 0 Å². The maximum Gasteiger partial charge on any atom is 0.191 e. The zero-order chi connectivity index (χ0) is 20.8. The van der Waals surface area contributed by atoms with Gasteiger partial charge >= 0.3 is 0 Å². The first kappa shape index (κ1) is 23.9. The number of benzene rings is 1. The zero-order valence-corrected chi connectivity index (χ0v) is 20.8. The molecule has 0 aliphatic carbocycles. The molecule has 0 aliphatic heterocycles. The van der Waals surface area contributed by atoms with Crippen LogP contribution in [-0.2, 0) is 13.1 Å². The lowest BCUT2D eigenvalue weighted by atomic mass is 10.1. The number of hydrogen-bond acceptors (Lipinski definition) is 3. The minimum Gasteiger partial charge on any atom is -0.356 e. The molecule has 162 valence electrons. The van der Waals surface area contributed by atoms with E-state index in [0.29, 0.717) is 6.54 Å². The monoisotopic (exact) mass is 521 g/mol. The summed E-state index contributed by atoms with van der Waals surface area (Å²) in [6.45, 7) is 10.6. The van der Waals surface area contributed by atoms with Gasteiger partial charge in [0.15, 0.2) is 5.96 Å². The van der Waals surface area contributed by atoms with Crippen LogP contribution in [0.1, 0.15) is 34.8 Å². The molecular formula is C22H32IN7. The number of aliphatic imine (C=N–C) groups is 1. The maximum absolute atomic E-state index is 4.62. The Morgan fingerprint density at radius 3 is 2.30 bits per heavy atom. The molecule has 2 N–H and O–H groups in total. The standard InChI is InChI=1S/C22H31N7.HI/c1-16-13-18(3)28(26-16)12-8-11-24-22(23-5)25-15-20-9-6-7-10-21(20)29-19(4)14-17(2)27-29;/h6-7,9-10,13-14H,8,11-12,15H2,1-5H3,(H2,23,24,25);1H. The Hall–Kier alpha value is -2.36. The summed E-state index contributed by atoms with van der Waals surface area (Å²) in [6, 6.07) is 12.5. The van der Waals surface area contributed by atoms with E-state index in [-0.39, 0.29) is 24.0 Å². The van der Waals surface area contributed by atoms with Crippen molar-refractivity contribution in [2.75, 3.05) is 13.6 Å². The maximum atomic E-state index is 4.62. The molecule has 0 unspecified atom stereocenters. The minimum absolute atomic E-state index is 0. The van der Waals surface area contributed by atoms with E-state index >= 15 is 0 Å². The molecule has 0 amide bonds. The molecule has 0 radical (unpaired) electrons. The summed E-state index contributed by atoms with van der Waals surface area (Å²) in [7, 11) is 1.79. The molecule has 3 rings (SSSR count). The molecule has 0 bridgehead atoms. The van der Waals surface area contributed by atoms with Crippen LogP contribution in [-0.4, -0.2) is 39.1 Å². The first-order valence-electron chi connectivity index (χ1n) is 10.0. The van der Waals surface area contributed by atoms with Gasteiger partial charge in [0.1, 0.15) is 0 Å². The van der Waals surface area contributed by atoms with Gasteiger partial charge in [0.2, 0.25) is 0 Å². The third kappa shape index (κ3) is 6.07. The molecule has 30 heavy (non-hydrogen) atoms. The number of aryl methyl sites for hydroxylation is 5. The van der Waals surface area contributed by atoms with E-state index in [4.69, 9.17) is 0 Å². The van der Waals surface area contributed by atoms with Crippen LogP contribution in [0.25, 0.3) is 5.69 Å². The van der Waals surface area contributed by atoms with Crippen molar-refractivity contribution in [3.8, 4) is 5.69 Å². The lowest BCUT2D eigenvalue weighted by Crippen LogP contribution is -2.37. The number of aromatic nitrogens is 4. The Morgan fingerprint density at radius 1 is 0.967 bits per heavy atom. The molecule has 1 aromatic carbocycles. The average Bonchev–Trinajstić information content (AvgIpc) is 3.20. The van der Waals surface area contributed by atoms with Gasteiger partial charge in [0.25, 0.3) is 0 Å². The van der Waals surface area contributed by atoms with Crippen LogP contribution in [0.3, 0.4) is 0 Å². The SMILES string of the molecule is CN=C(NCCCn1nc(C)cc1C)NCc1ccccc1-n1nc(C)cc1C.I. The molecule has 7 nitrogen and oxygen atoms in total. The molecular weight excluding hydrogens is 489 g/mol. The summed E-state index contributed by atoms with van der Waals surface area (Å²) in [5, 5.41) is 15.9. The Bertz CT molecular complexity index is 987. The Morgan fingerprint density at radius 2 is 1.67 bits per heavy atom. The third-order valence-corrected chi connectivity index (χ3v) is 4.84. The van der Waals surface area contributed by atoms with E-state index in [1.54, 1.807) is 7.05 Å². The molecule has 8 heteroatoms. The zero-order valence-electron chi connectivity index (χ0n) is 18.4. The number of guanidine groups is 1. The predicted octanol–water partition coefficient (Wildman–Crippen LogP) is 3.68. The summed E-state index contributed by atoms with van der Waals surface area (Å²) in [5.41, 5.74) is 6.67. The molecule has 3 aromatic rings. The van der Waals surface area contributed by atoms with Gasteiger partial charge in [-0.2, -0.15) is 10.2 Å². The summed E-state index contributed by atoms with van der Waals surface area (Å²) in [4.78, 5) is 4.34. The number of halogens is 1. The summed E-state index contributed by atoms with van der Waals surface area (Å²) < 4.78 is 4.05. The van der Waals surface area contributed by atoms with Crippen LogP contribution in [0.4, 0.5) is 0 Å². The van der Waals surface area contributed by atoms with Gasteiger partial charge in [-0.25, -0.2) is 4.68 Å². The van der Waals surface area contributed by atoms with Crippen molar-refractivity contribution >= 4 is 29.9 Å². The molecule has 0 fully saturated rings. The largest absolute Gasteiger partial charge is 0.356 e. The van der Waals surface area contributed by atoms with Crippen molar-refractivity contribution in [1.29, 1.82) is 0 Å². The van der Waals surface area contributed by atoms with Gasteiger partial charge in [0, 0.05) is 38.1 Å². The van der Waals surface area contributed by atoms with Gasteiger partial charge in [-0.05, 0) is 57.9 Å². The van der Waals surface area contributed by atoms with E-state index in [1.807, 2.05) is 24.6 Å². The number of nitrogens with one attached hydrogen (secondary N) is 2. The van der Waals surface area contributed by atoms with E-state index in [1.165, 1.54) is 11.3 Å². The highest BCUT2D eigenvalue weighted by atomic mass is 127. The highest BCUT2D eigenvalue weighted by molar-refractivity contribution is 14.0. The molecule has 0 saturated carbocycles. The average molecular weight is 521 g/mol. The lowest BCUT2D eigenvalue weighted by Gasteiger charge is -2.15. The third-order valence-electron chi connectivity index (χ3n) is 4.84. The Labute approximate surface area is 196 Å². The molecule has 2 heterocycles. The first-order valence-corrected chi connectivity index (χ1v) is 10.0. The second-order valence-corrected chi connectivity index (χ2v) is 7.32. The van der Waals surface area contributed by atoms with Gasteiger partial charge in [-0.3, -0.25) is 9.67 Å². The van der Waals surface area contributed by atoms with Crippen LogP contribution >= 0.6 is 24.0 Å². The fourth-order valence-electron chi connectivity index (χ4n) is 3.48. The molecule has 0 atom stereocenters. The van der Waals surface area contributed by atoms with Crippen molar-refractivity contribution in [3.05, 3.63) is 64.7 Å². The second-order valence-electron chi connectivity index (χ2n) is 7.32. The van der Waals surface area contributed by atoms with Crippen molar-refractivity contribution in [1.82, 2.24) is 30.2 Å². The Balaban J connectivity index is 0.00000320. The van der Waals surface area contributed by atoms with Crippen LogP contribution in [0, 0.1) is 27.7 Å². The van der Waals surface area contributed by atoms with Gasteiger partial charge in [-0.1, -0.05) is 18.2 Å². The Kier molecular flexibility index (Phi) is 8.88. The molecule has 0 aliphatic rings. The van der Waals surface area contributed by atoms with Crippen LogP contribution in [0.2, 0.25) is 0 Å². The van der Waals surface area contributed by atoms with Crippen molar-refractivity contribution in [2.45, 2.75) is 47.2 Å². The highest BCUT2D eigenvalue weighted by Crippen LogP contribution is 2.16. The van der Waals surface area contributed by atoms with Crippen LogP contribution in [0.15, 0.2) is 41.4 Å². The summed E-state index contributed by atoms with van der Waals surface area (Å²) >= 11 is 0. The normalized spacial score (nSPS) is 11.3. The minimum atomic E-state index is 0. The van der Waals surface area contributed by atoms with E-state index in [0.717, 1.165) is 48.2 Å². The second kappa shape index (κ2) is 11.1. The van der Waals surface area contributed by atoms with Crippen molar-refractivity contribution in [3.63, 3.8) is 0 Å². The fourth-order valence-corrected chi connectivity index (χ4v) is 3.48. The first-order chi connectivity index (χ1) is 14.0.